The summed E-state index contributed by atoms with van der Waals surface area (Å²) >= 11 is -2.64. The standard InChI is InChI=1S/C26H28N2O6S/c1-16-5-7-23(18(3)9-16)33-14-27-25(29)20-11-21(13-22(12-20)35(31)32)26(30)28-15-34-24-8-6-17(2)10-19(24)4/h5-13H,14-15H2,1-4H3,(H,27,29)(H,28,30)(H,31,32)/p-1. The lowest BCUT2D eigenvalue weighted by molar-refractivity contribution is 0.0917. The molecular weight excluding hydrogens is 468 g/mol. The SMILES string of the molecule is Cc1ccc(OCNC(=O)c2cc(C(=O)NCOc3ccc(C)cc3C)cc(S(=O)[O-])c2)c(C)c1. The predicted molar refractivity (Wildman–Crippen MR) is 131 cm³/mol. The molecular formula is C26H27N2O6S-. The smallest absolute Gasteiger partial charge is 0.253 e. The van der Waals surface area contributed by atoms with Crippen LogP contribution in [0.1, 0.15) is 43.0 Å². The summed E-state index contributed by atoms with van der Waals surface area (Å²) < 4.78 is 34.3. The molecule has 35 heavy (non-hydrogen) atoms. The van der Waals surface area contributed by atoms with Gasteiger partial charge in [0.05, 0.1) is 0 Å². The molecule has 3 aromatic rings. The molecule has 1 unspecified atom stereocenters. The van der Waals surface area contributed by atoms with Crippen LogP contribution in [0.3, 0.4) is 0 Å². The zero-order valence-corrected chi connectivity index (χ0v) is 20.8. The van der Waals surface area contributed by atoms with E-state index in [0.29, 0.717) is 11.5 Å². The fourth-order valence-corrected chi connectivity index (χ4v) is 3.89. The van der Waals surface area contributed by atoms with Crippen molar-refractivity contribution in [1.29, 1.82) is 0 Å². The topological polar surface area (TPSA) is 117 Å². The van der Waals surface area contributed by atoms with E-state index < -0.39 is 22.9 Å². The number of benzene rings is 3. The highest BCUT2D eigenvalue weighted by Crippen LogP contribution is 2.20. The molecule has 0 fully saturated rings. The monoisotopic (exact) mass is 495 g/mol. The van der Waals surface area contributed by atoms with Crippen LogP contribution >= 0.6 is 0 Å². The first kappa shape index (κ1) is 25.9. The number of carbonyl (C=O) groups is 2. The van der Waals surface area contributed by atoms with Crippen LogP contribution in [0.4, 0.5) is 0 Å². The summed E-state index contributed by atoms with van der Waals surface area (Å²) in [7, 11) is 0. The Bertz CT molecular complexity index is 1190. The van der Waals surface area contributed by atoms with Crippen molar-refractivity contribution >= 4 is 22.9 Å². The van der Waals surface area contributed by atoms with Crippen molar-refractivity contribution in [2.24, 2.45) is 0 Å². The summed E-state index contributed by atoms with van der Waals surface area (Å²) in [4.78, 5) is 25.1. The number of hydrogen-bond donors (Lipinski definition) is 2. The maximum atomic E-state index is 12.6. The third kappa shape index (κ3) is 7.14. The van der Waals surface area contributed by atoms with Crippen LogP contribution in [-0.2, 0) is 11.1 Å². The molecule has 3 aromatic carbocycles. The van der Waals surface area contributed by atoms with Gasteiger partial charge in [-0.2, -0.15) is 0 Å². The number of ether oxygens (including phenoxy) is 2. The average Bonchev–Trinajstić information content (AvgIpc) is 2.81. The summed E-state index contributed by atoms with van der Waals surface area (Å²) in [5.41, 5.74) is 4.04. The van der Waals surface area contributed by atoms with Crippen LogP contribution in [-0.4, -0.2) is 34.0 Å². The lowest BCUT2D eigenvalue weighted by atomic mass is 10.1. The van der Waals surface area contributed by atoms with Gasteiger partial charge in [0.1, 0.15) is 11.5 Å². The summed E-state index contributed by atoms with van der Waals surface area (Å²) in [5, 5.41) is 5.16. The first-order chi connectivity index (χ1) is 16.6. The Kier molecular flexibility index (Phi) is 8.62. The van der Waals surface area contributed by atoms with Crippen molar-refractivity contribution in [2.75, 3.05) is 13.5 Å². The predicted octanol–water partition coefficient (Wildman–Crippen LogP) is 3.69. The molecule has 1 atom stereocenters. The highest BCUT2D eigenvalue weighted by molar-refractivity contribution is 7.79. The number of amides is 2. The van der Waals surface area contributed by atoms with Crippen molar-refractivity contribution in [1.82, 2.24) is 10.6 Å². The Hall–Kier alpha value is -3.69. The second-order valence-electron chi connectivity index (χ2n) is 8.11. The normalized spacial score (nSPS) is 11.5. The molecule has 184 valence electrons. The molecule has 0 spiro atoms. The molecule has 3 rings (SSSR count). The van der Waals surface area contributed by atoms with Crippen molar-refractivity contribution < 1.29 is 27.8 Å². The van der Waals surface area contributed by atoms with E-state index in [1.807, 2.05) is 52.0 Å². The van der Waals surface area contributed by atoms with E-state index >= 15 is 0 Å². The van der Waals surface area contributed by atoms with Gasteiger partial charge >= 0.3 is 0 Å². The van der Waals surface area contributed by atoms with Gasteiger partial charge in [0.25, 0.3) is 11.8 Å². The van der Waals surface area contributed by atoms with Crippen LogP contribution < -0.4 is 20.1 Å². The minimum Gasteiger partial charge on any atom is -0.768 e. The maximum absolute atomic E-state index is 12.6. The highest BCUT2D eigenvalue weighted by Gasteiger charge is 2.14. The van der Waals surface area contributed by atoms with Crippen molar-refractivity contribution in [3.8, 4) is 11.5 Å². The van der Waals surface area contributed by atoms with E-state index in [-0.39, 0.29) is 29.5 Å². The van der Waals surface area contributed by atoms with Gasteiger partial charge in [-0.15, -0.1) is 0 Å². The lowest BCUT2D eigenvalue weighted by Crippen LogP contribution is -2.30. The quantitative estimate of drug-likeness (QED) is 0.345. The Morgan fingerprint density at radius 1 is 0.743 bits per heavy atom. The van der Waals surface area contributed by atoms with Crippen LogP contribution in [0.2, 0.25) is 0 Å². The zero-order chi connectivity index (χ0) is 25.5. The third-order valence-electron chi connectivity index (χ3n) is 5.21. The highest BCUT2D eigenvalue weighted by atomic mass is 32.2. The van der Waals surface area contributed by atoms with Crippen LogP contribution in [0.5, 0.6) is 11.5 Å². The summed E-state index contributed by atoms with van der Waals surface area (Å²) in [6, 6.07) is 15.0. The van der Waals surface area contributed by atoms with E-state index in [4.69, 9.17) is 9.47 Å². The van der Waals surface area contributed by atoms with Gasteiger partial charge in [0.15, 0.2) is 13.5 Å². The van der Waals surface area contributed by atoms with Crippen molar-refractivity contribution in [3.63, 3.8) is 0 Å². The molecule has 2 N–H and O–H groups in total. The summed E-state index contributed by atoms with van der Waals surface area (Å²) in [6.45, 7) is 7.47. The van der Waals surface area contributed by atoms with Gasteiger partial charge in [0.2, 0.25) is 0 Å². The molecule has 0 radical (unpaired) electrons. The van der Waals surface area contributed by atoms with Gasteiger partial charge in [-0.3, -0.25) is 13.8 Å². The molecule has 0 aliphatic heterocycles. The lowest BCUT2D eigenvalue weighted by Gasteiger charge is -2.14. The Morgan fingerprint density at radius 2 is 1.17 bits per heavy atom. The number of nitrogens with one attached hydrogen (secondary N) is 2. The van der Waals surface area contributed by atoms with Crippen molar-refractivity contribution in [3.05, 3.63) is 88.0 Å². The third-order valence-corrected chi connectivity index (χ3v) is 5.83. The van der Waals surface area contributed by atoms with Gasteiger partial charge < -0.3 is 24.7 Å². The van der Waals surface area contributed by atoms with E-state index in [0.717, 1.165) is 22.3 Å². The van der Waals surface area contributed by atoms with Gasteiger partial charge in [-0.1, -0.05) is 35.4 Å². The van der Waals surface area contributed by atoms with Gasteiger partial charge in [-0.05, 0) is 80.2 Å². The molecule has 9 heteroatoms. The van der Waals surface area contributed by atoms with Crippen LogP contribution in [0, 0.1) is 27.7 Å². The molecule has 0 saturated carbocycles. The molecule has 0 heterocycles. The summed E-state index contributed by atoms with van der Waals surface area (Å²) in [6.07, 6.45) is 0. The minimum absolute atomic E-state index is 0.0105. The van der Waals surface area contributed by atoms with Gasteiger partial charge in [-0.25, -0.2) is 0 Å². The summed E-state index contributed by atoms with van der Waals surface area (Å²) in [5.74, 6) is 0.0775. The van der Waals surface area contributed by atoms with E-state index in [1.54, 1.807) is 12.1 Å². The molecule has 0 aliphatic carbocycles. The zero-order valence-electron chi connectivity index (χ0n) is 20.0. The average molecular weight is 496 g/mol. The fourth-order valence-electron chi connectivity index (χ4n) is 3.44. The van der Waals surface area contributed by atoms with E-state index in [1.165, 1.54) is 18.2 Å². The molecule has 0 aromatic heterocycles. The second kappa shape index (κ2) is 11.6. The van der Waals surface area contributed by atoms with E-state index in [2.05, 4.69) is 10.6 Å². The largest absolute Gasteiger partial charge is 0.768 e. The first-order valence-corrected chi connectivity index (χ1v) is 11.9. The molecule has 0 saturated heterocycles. The molecule has 0 aliphatic rings. The van der Waals surface area contributed by atoms with Crippen molar-refractivity contribution in [2.45, 2.75) is 32.6 Å². The molecule has 2 amide bonds. The number of hydrogen-bond acceptors (Lipinski definition) is 6. The molecule has 0 bridgehead atoms. The van der Waals surface area contributed by atoms with Gasteiger partial charge in [0, 0.05) is 16.0 Å². The Balaban J connectivity index is 1.65. The van der Waals surface area contributed by atoms with Crippen LogP contribution in [0.25, 0.3) is 0 Å². The minimum atomic E-state index is -2.64. The number of carbonyl (C=O) groups excluding carboxylic acids is 2. The first-order valence-electron chi connectivity index (χ1n) is 10.8. The molecule has 8 nitrogen and oxygen atoms in total. The van der Waals surface area contributed by atoms with E-state index in [9.17, 15) is 18.4 Å². The second-order valence-corrected chi connectivity index (χ2v) is 9.05. The number of aryl methyl sites for hydroxylation is 4. The Labute approximate surface area is 206 Å². The van der Waals surface area contributed by atoms with Crippen LogP contribution in [0.15, 0.2) is 59.5 Å². The fraction of sp³-hybridized carbons (Fsp3) is 0.231. The Morgan fingerprint density at radius 3 is 1.54 bits per heavy atom. The number of rotatable bonds is 9. The maximum Gasteiger partial charge on any atom is 0.253 e.